The van der Waals surface area contributed by atoms with E-state index in [2.05, 4.69) is 26.4 Å². The van der Waals surface area contributed by atoms with Gasteiger partial charge >= 0.3 is 0 Å². The van der Waals surface area contributed by atoms with Gasteiger partial charge in [0, 0.05) is 6.54 Å². The first-order valence-corrected chi connectivity index (χ1v) is 7.51. The van der Waals surface area contributed by atoms with Crippen LogP contribution in [-0.2, 0) is 6.54 Å². The van der Waals surface area contributed by atoms with E-state index in [1.54, 1.807) is 7.11 Å². The molecular weight excluding hydrogens is 276 g/mol. The Morgan fingerprint density at radius 3 is 2.75 bits per heavy atom. The van der Waals surface area contributed by atoms with Gasteiger partial charge in [-0.05, 0) is 13.3 Å². The number of nitrogens with zero attached hydrogens (tertiary/aromatic N) is 4. The number of alkyl halides is 1. The van der Waals surface area contributed by atoms with Gasteiger partial charge in [0.05, 0.1) is 12.5 Å². The van der Waals surface area contributed by atoms with Gasteiger partial charge in [0.1, 0.15) is 12.2 Å². The van der Waals surface area contributed by atoms with E-state index in [0.717, 1.165) is 24.4 Å². The number of hydrogen-bond donors (Lipinski definition) is 0. The van der Waals surface area contributed by atoms with Crippen LogP contribution in [0.2, 0.25) is 0 Å². The molecule has 20 heavy (non-hydrogen) atoms. The molecule has 0 bridgehead atoms. The summed E-state index contributed by atoms with van der Waals surface area (Å²) in [6.45, 7) is 5.01. The van der Waals surface area contributed by atoms with Gasteiger partial charge in [-0.15, -0.1) is 11.6 Å². The molecule has 0 saturated heterocycles. The number of methoxy groups -OCH3 is 1. The number of rotatable bonds is 7. The summed E-state index contributed by atoms with van der Waals surface area (Å²) >= 11 is 6.24. The quantitative estimate of drug-likeness (QED) is 0.577. The fourth-order valence-corrected chi connectivity index (χ4v) is 2.47. The first-order chi connectivity index (χ1) is 9.69. The highest BCUT2D eigenvalue weighted by atomic mass is 35.5. The van der Waals surface area contributed by atoms with Crippen molar-refractivity contribution in [2.45, 2.75) is 51.5 Å². The monoisotopic (exact) mass is 296 g/mol. The average molecular weight is 297 g/mol. The molecule has 0 aliphatic rings. The van der Waals surface area contributed by atoms with Gasteiger partial charge in [-0.25, -0.2) is 9.97 Å². The van der Waals surface area contributed by atoms with Crippen molar-refractivity contribution in [2.75, 3.05) is 7.11 Å². The minimum absolute atomic E-state index is 0.167. The smallest absolute Gasteiger partial charge is 0.245 e. The van der Waals surface area contributed by atoms with Crippen molar-refractivity contribution in [1.29, 1.82) is 0 Å². The summed E-state index contributed by atoms with van der Waals surface area (Å²) in [6, 6.07) is 0. The third kappa shape index (κ3) is 3.03. The van der Waals surface area contributed by atoms with Gasteiger partial charge in [-0.2, -0.15) is 4.98 Å². The number of hydrogen-bond acceptors (Lipinski definition) is 4. The Balaban J connectivity index is 2.36. The summed E-state index contributed by atoms with van der Waals surface area (Å²) in [7, 11) is 1.59. The number of aryl methyl sites for hydroxylation is 1. The minimum Gasteiger partial charge on any atom is -0.479 e. The molecule has 0 fully saturated rings. The zero-order chi connectivity index (χ0) is 14.5. The van der Waals surface area contributed by atoms with Crippen LogP contribution in [0.5, 0.6) is 5.88 Å². The van der Waals surface area contributed by atoms with E-state index in [9.17, 15) is 0 Å². The van der Waals surface area contributed by atoms with Gasteiger partial charge in [-0.3, -0.25) is 0 Å². The summed E-state index contributed by atoms with van der Waals surface area (Å²) in [4.78, 5) is 13.0. The third-order valence-electron chi connectivity index (χ3n) is 3.31. The molecule has 0 radical (unpaired) electrons. The number of unbranched alkanes of at least 4 members (excludes halogenated alkanes) is 3. The van der Waals surface area contributed by atoms with Gasteiger partial charge in [0.2, 0.25) is 5.88 Å². The Hall–Kier alpha value is -1.36. The van der Waals surface area contributed by atoms with E-state index in [0.29, 0.717) is 11.4 Å². The molecule has 0 spiro atoms. The Morgan fingerprint density at radius 1 is 1.30 bits per heavy atom. The summed E-state index contributed by atoms with van der Waals surface area (Å²) in [5.41, 5.74) is 1.49. The first-order valence-electron chi connectivity index (χ1n) is 7.08. The largest absolute Gasteiger partial charge is 0.479 e. The molecule has 0 aliphatic carbocycles. The molecule has 2 aromatic heterocycles. The van der Waals surface area contributed by atoms with E-state index in [1.165, 1.54) is 25.6 Å². The second-order valence-electron chi connectivity index (χ2n) is 4.85. The van der Waals surface area contributed by atoms with Gasteiger partial charge in [-0.1, -0.05) is 26.2 Å². The molecule has 1 unspecified atom stereocenters. The van der Waals surface area contributed by atoms with Crippen molar-refractivity contribution in [3.63, 3.8) is 0 Å². The van der Waals surface area contributed by atoms with Crippen LogP contribution in [0.15, 0.2) is 6.33 Å². The van der Waals surface area contributed by atoms with Gasteiger partial charge in [0.15, 0.2) is 11.2 Å². The van der Waals surface area contributed by atoms with Crippen LogP contribution in [0, 0.1) is 0 Å². The highest BCUT2D eigenvalue weighted by Crippen LogP contribution is 2.27. The van der Waals surface area contributed by atoms with E-state index < -0.39 is 0 Å². The Labute approximate surface area is 124 Å². The van der Waals surface area contributed by atoms with Crippen LogP contribution in [0.25, 0.3) is 11.2 Å². The van der Waals surface area contributed by atoms with Crippen LogP contribution in [0.1, 0.15) is 50.7 Å². The number of aromatic nitrogens is 4. The topological polar surface area (TPSA) is 52.8 Å². The molecule has 6 heteroatoms. The summed E-state index contributed by atoms with van der Waals surface area (Å²) in [6.07, 6.45) is 6.28. The number of fused-ring (bicyclic) bond motifs is 1. The maximum Gasteiger partial charge on any atom is 0.245 e. The first kappa shape index (κ1) is 15.0. The molecule has 2 rings (SSSR count). The van der Waals surface area contributed by atoms with Crippen molar-refractivity contribution < 1.29 is 4.74 Å². The zero-order valence-corrected chi connectivity index (χ0v) is 13.0. The molecule has 0 amide bonds. The van der Waals surface area contributed by atoms with Crippen molar-refractivity contribution in [2.24, 2.45) is 0 Å². The zero-order valence-electron chi connectivity index (χ0n) is 12.3. The maximum atomic E-state index is 6.24. The second kappa shape index (κ2) is 6.88. The lowest BCUT2D eigenvalue weighted by Crippen LogP contribution is -2.05. The van der Waals surface area contributed by atoms with Crippen molar-refractivity contribution in [1.82, 2.24) is 19.5 Å². The molecule has 2 aromatic rings. The molecule has 2 heterocycles. The molecule has 0 N–H and O–H groups in total. The number of halogens is 1. The lowest BCUT2D eigenvalue weighted by atomic mass is 10.2. The molecule has 0 aromatic carbocycles. The molecular formula is C14H21ClN4O. The lowest BCUT2D eigenvalue weighted by Gasteiger charge is -2.09. The maximum absolute atomic E-state index is 6.24. The van der Waals surface area contributed by atoms with Crippen molar-refractivity contribution in [3.05, 3.63) is 12.2 Å². The Morgan fingerprint density at radius 2 is 2.10 bits per heavy atom. The predicted octanol–water partition coefficient (Wildman–Crippen LogP) is 3.72. The minimum atomic E-state index is -0.167. The Bertz CT molecular complexity index is 568. The Kier molecular flexibility index (Phi) is 5.17. The van der Waals surface area contributed by atoms with Crippen LogP contribution in [0.4, 0.5) is 0 Å². The van der Waals surface area contributed by atoms with E-state index in [-0.39, 0.29) is 5.38 Å². The van der Waals surface area contributed by atoms with Crippen molar-refractivity contribution in [3.8, 4) is 5.88 Å². The highest BCUT2D eigenvalue weighted by molar-refractivity contribution is 6.20. The summed E-state index contributed by atoms with van der Waals surface area (Å²) < 4.78 is 7.34. The molecule has 1 atom stereocenters. The van der Waals surface area contributed by atoms with E-state index in [4.69, 9.17) is 16.3 Å². The molecule has 0 saturated carbocycles. The molecule has 0 aliphatic heterocycles. The average Bonchev–Trinajstić information content (AvgIpc) is 2.82. The van der Waals surface area contributed by atoms with E-state index in [1.807, 2.05) is 6.92 Å². The van der Waals surface area contributed by atoms with Crippen LogP contribution >= 0.6 is 11.6 Å². The highest BCUT2D eigenvalue weighted by Gasteiger charge is 2.18. The van der Waals surface area contributed by atoms with Gasteiger partial charge < -0.3 is 9.30 Å². The summed E-state index contributed by atoms with van der Waals surface area (Å²) in [5, 5.41) is -0.167. The van der Waals surface area contributed by atoms with Crippen LogP contribution < -0.4 is 4.74 Å². The fourth-order valence-electron chi connectivity index (χ4n) is 2.30. The molecule has 5 nitrogen and oxygen atoms in total. The van der Waals surface area contributed by atoms with Crippen LogP contribution in [-0.4, -0.2) is 26.6 Å². The molecule has 110 valence electrons. The van der Waals surface area contributed by atoms with E-state index >= 15 is 0 Å². The lowest BCUT2D eigenvalue weighted by molar-refractivity contribution is 0.401. The van der Waals surface area contributed by atoms with Crippen molar-refractivity contribution >= 4 is 22.8 Å². The SMILES string of the molecule is CCCCCCn1c(C(C)Cl)nc2c(OC)ncnc21. The third-order valence-corrected chi connectivity index (χ3v) is 3.51. The van der Waals surface area contributed by atoms with Gasteiger partial charge in [0.25, 0.3) is 0 Å². The van der Waals surface area contributed by atoms with Crippen LogP contribution in [0.3, 0.4) is 0 Å². The fraction of sp³-hybridized carbons (Fsp3) is 0.643. The normalized spacial score (nSPS) is 12.8. The predicted molar refractivity (Wildman–Crippen MR) is 80.3 cm³/mol. The standard InChI is InChI=1S/C14H21ClN4O/c1-4-5-6-7-8-19-12(10(2)15)18-11-13(19)16-9-17-14(11)20-3/h9-10H,4-8H2,1-3H3. The second-order valence-corrected chi connectivity index (χ2v) is 5.51. The number of imidazole rings is 1. The number of ether oxygens (including phenoxy) is 1. The summed E-state index contributed by atoms with van der Waals surface area (Å²) in [5.74, 6) is 1.33.